The van der Waals surface area contributed by atoms with E-state index in [-0.39, 0.29) is 31.2 Å². The Morgan fingerprint density at radius 2 is 1.97 bits per heavy atom. The highest BCUT2D eigenvalue weighted by molar-refractivity contribution is 6.42. The molecule has 8 heteroatoms. The van der Waals surface area contributed by atoms with Crippen molar-refractivity contribution in [1.29, 1.82) is 0 Å². The Balaban J connectivity index is 2.48. The molecule has 0 aliphatic carbocycles. The van der Waals surface area contributed by atoms with E-state index in [0.29, 0.717) is 10.0 Å². The lowest BCUT2D eigenvalue weighted by Gasteiger charge is -2.34. The maximum Gasteiger partial charge on any atom is 0.407 e. The number of ether oxygens (including phenoxy) is 2. The molecule has 1 amide bonds. The van der Waals surface area contributed by atoms with Crippen LogP contribution in [0.25, 0.3) is 0 Å². The second-order valence-electron chi connectivity index (χ2n) is 8.05. The molecule has 1 heterocycles. The van der Waals surface area contributed by atoms with Crippen LogP contribution in [0.4, 0.5) is 4.79 Å². The zero-order valence-electron chi connectivity index (χ0n) is 17.0. The maximum absolute atomic E-state index is 11.8. The molecule has 0 spiro atoms. The summed E-state index contributed by atoms with van der Waals surface area (Å²) in [6, 6.07) is 5.21. The smallest absolute Gasteiger partial charge is 0.407 e. The number of carbonyl (C=O) groups excluding carboxylic acids is 1. The summed E-state index contributed by atoms with van der Waals surface area (Å²) in [6.07, 6.45) is 1.06. The van der Waals surface area contributed by atoms with Crippen LogP contribution in [0.3, 0.4) is 0 Å². The largest absolute Gasteiger partial charge is 0.465 e. The van der Waals surface area contributed by atoms with E-state index in [4.69, 9.17) is 32.7 Å². The molecule has 0 saturated carbocycles. The summed E-state index contributed by atoms with van der Waals surface area (Å²) in [7, 11) is 0. The molecule has 1 fully saturated rings. The van der Waals surface area contributed by atoms with Gasteiger partial charge in [-0.3, -0.25) is 0 Å². The van der Waals surface area contributed by atoms with Gasteiger partial charge in [-0.2, -0.15) is 0 Å². The number of halogens is 2. The highest BCUT2D eigenvalue weighted by Crippen LogP contribution is 2.39. The summed E-state index contributed by atoms with van der Waals surface area (Å²) in [6.45, 7) is 8.37. The summed E-state index contributed by atoms with van der Waals surface area (Å²) in [5, 5.41) is 10.5. The number of carboxylic acid groups (broad SMARTS) is 1. The van der Waals surface area contributed by atoms with Crippen molar-refractivity contribution in [3.8, 4) is 0 Å². The van der Waals surface area contributed by atoms with Crippen LogP contribution in [0.2, 0.25) is 10.0 Å². The molecule has 1 aliphatic heterocycles. The van der Waals surface area contributed by atoms with E-state index >= 15 is 0 Å². The predicted molar refractivity (Wildman–Crippen MR) is 112 cm³/mol. The van der Waals surface area contributed by atoms with Crippen LogP contribution in [-0.2, 0) is 14.3 Å². The van der Waals surface area contributed by atoms with Gasteiger partial charge < -0.3 is 19.5 Å². The fourth-order valence-corrected chi connectivity index (χ4v) is 3.46. The molecule has 0 bridgehead atoms. The van der Waals surface area contributed by atoms with Crippen LogP contribution in [0.1, 0.15) is 39.4 Å². The lowest BCUT2D eigenvalue weighted by molar-refractivity contribution is -0.137. The van der Waals surface area contributed by atoms with Crippen molar-refractivity contribution in [2.24, 2.45) is 11.3 Å². The number of nitrogens with zero attached hydrogens (tertiary/aromatic N) is 1. The van der Waals surface area contributed by atoms with Gasteiger partial charge in [-0.15, -0.1) is 0 Å². The maximum atomic E-state index is 11.8. The molecule has 2 rings (SSSR count). The Hall–Kier alpha value is -1.76. The first kappa shape index (κ1) is 23.5. The van der Waals surface area contributed by atoms with Crippen LogP contribution >= 0.6 is 23.2 Å². The van der Waals surface area contributed by atoms with Crippen molar-refractivity contribution in [1.82, 2.24) is 4.90 Å². The molecule has 29 heavy (non-hydrogen) atoms. The molecule has 160 valence electrons. The van der Waals surface area contributed by atoms with E-state index in [1.165, 1.54) is 11.0 Å². The van der Waals surface area contributed by atoms with Gasteiger partial charge in [-0.05, 0) is 30.0 Å². The number of hydrogen-bond donors (Lipinski definition) is 1. The van der Waals surface area contributed by atoms with Gasteiger partial charge >= 0.3 is 12.1 Å². The molecular formula is C21H27Cl2NO5. The molecule has 1 saturated heterocycles. The Morgan fingerprint density at radius 3 is 2.52 bits per heavy atom. The van der Waals surface area contributed by atoms with Gasteiger partial charge in [0, 0.05) is 18.5 Å². The van der Waals surface area contributed by atoms with Gasteiger partial charge in [0.15, 0.2) is 0 Å². The Labute approximate surface area is 181 Å². The predicted octanol–water partition coefficient (Wildman–Crippen LogP) is 5.19. The fourth-order valence-electron chi connectivity index (χ4n) is 3.15. The first-order valence-corrected chi connectivity index (χ1v) is 10.2. The lowest BCUT2D eigenvalue weighted by atomic mass is 9.88. The summed E-state index contributed by atoms with van der Waals surface area (Å²) >= 11 is 12.3. The van der Waals surface area contributed by atoms with Crippen LogP contribution in [0.15, 0.2) is 30.4 Å². The number of hydrogen-bond acceptors (Lipinski definition) is 4. The highest BCUT2D eigenvalue weighted by atomic mass is 35.5. The van der Waals surface area contributed by atoms with E-state index < -0.39 is 24.1 Å². The van der Waals surface area contributed by atoms with Crippen molar-refractivity contribution in [3.05, 3.63) is 46.0 Å². The molecule has 0 radical (unpaired) electrons. The first-order valence-electron chi connectivity index (χ1n) is 9.46. The third-order valence-corrected chi connectivity index (χ3v) is 5.53. The third-order valence-electron chi connectivity index (χ3n) is 4.79. The average molecular weight is 444 g/mol. The minimum atomic E-state index is -1.04. The molecule has 0 aromatic heterocycles. The summed E-state index contributed by atoms with van der Waals surface area (Å²) in [4.78, 5) is 25.0. The van der Waals surface area contributed by atoms with E-state index in [1.807, 2.05) is 20.8 Å². The summed E-state index contributed by atoms with van der Waals surface area (Å²) in [5.41, 5.74) is 0.460. The van der Waals surface area contributed by atoms with Crippen molar-refractivity contribution in [2.45, 2.75) is 39.9 Å². The van der Waals surface area contributed by atoms with Gasteiger partial charge in [-0.1, -0.05) is 56.1 Å². The van der Waals surface area contributed by atoms with Crippen molar-refractivity contribution >= 4 is 35.3 Å². The summed E-state index contributed by atoms with van der Waals surface area (Å²) < 4.78 is 11.4. The molecule has 1 aliphatic rings. The zero-order chi connectivity index (χ0) is 21.8. The van der Waals surface area contributed by atoms with Crippen molar-refractivity contribution in [3.63, 3.8) is 0 Å². The van der Waals surface area contributed by atoms with Gasteiger partial charge in [0.05, 0.1) is 35.4 Å². The topological polar surface area (TPSA) is 76.1 Å². The third kappa shape index (κ3) is 6.36. The Morgan fingerprint density at radius 1 is 1.28 bits per heavy atom. The van der Waals surface area contributed by atoms with Crippen LogP contribution in [0, 0.1) is 11.3 Å². The zero-order valence-corrected chi connectivity index (χ0v) is 18.5. The Kier molecular flexibility index (Phi) is 7.97. The van der Waals surface area contributed by atoms with Gasteiger partial charge in [-0.25, -0.2) is 9.59 Å². The van der Waals surface area contributed by atoms with E-state index in [1.54, 1.807) is 31.2 Å². The Bertz CT molecular complexity index is 775. The van der Waals surface area contributed by atoms with E-state index in [0.717, 1.165) is 5.56 Å². The van der Waals surface area contributed by atoms with Gasteiger partial charge in [0.2, 0.25) is 0 Å². The summed E-state index contributed by atoms with van der Waals surface area (Å²) in [5.74, 6) is -0.904. The lowest BCUT2D eigenvalue weighted by Crippen LogP contribution is -2.42. The SMILES string of the molecule is CCOC(=O)C=C[C@@H]1CN(C(=O)O)CC(C(C)(C)C)O[C@H]1c1ccc(Cl)c(Cl)c1. The monoisotopic (exact) mass is 443 g/mol. The number of carbonyl (C=O) groups is 2. The molecule has 3 atom stereocenters. The standard InChI is InChI=1S/C21H27Cl2NO5/c1-5-28-18(25)9-7-14-11-24(20(26)27)12-17(21(2,3)4)29-19(14)13-6-8-15(22)16(23)10-13/h6-10,14,17,19H,5,11-12H2,1-4H3,(H,26,27)/t14-,17?,19+/m1/s1. The van der Waals surface area contributed by atoms with Crippen molar-refractivity contribution < 1.29 is 24.2 Å². The molecular weight excluding hydrogens is 417 g/mol. The average Bonchev–Trinajstić information content (AvgIpc) is 2.82. The normalized spacial score (nSPS) is 23.1. The first-order chi connectivity index (χ1) is 13.5. The molecule has 1 aromatic rings. The van der Waals surface area contributed by atoms with E-state index in [2.05, 4.69) is 0 Å². The number of amides is 1. The van der Waals surface area contributed by atoms with Crippen LogP contribution < -0.4 is 0 Å². The van der Waals surface area contributed by atoms with Gasteiger partial charge in [0.25, 0.3) is 0 Å². The quantitative estimate of drug-likeness (QED) is 0.511. The fraction of sp³-hybridized carbons (Fsp3) is 0.524. The van der Waals surface area contributed by atoms with E-state index in [9.17, 15) is 14.7 Å². The highest BCUT2D eigenvalue weighted by Gasteiger charge is 2.39. The molecule has 6 nitrogen and oxygen atoms in total. The van der Waals surface area contributed by atoms with Crippen LogP contribution in [0.5, 0.6) is 0 Å². The number of rotatable bonds is 4. The second kappa shape index (κ2) is 9.83. The number of benzene rings is 1. The second-order valence-corrected chi connectivity index (χ2v) is 8.86. The minimum Gasteiger partial charge on any atom is -0.465 e. The molecule has 1 aromatic carbocycles. The van der Waals surface area contributed by atoms with Crippen LogP contribution in [-0.4, -0.2) is 47.9 Å². The van der Waals surface area contributed by atoms with Crippen molar-refractivity contribution in [2.75, 3.05) is 19.7 Å². The minimum absolute atomic E-state index is 0.169. The van der Waals surface area contributed by atoms with Gasteiger partial charge in [0.1, 0.15) is 0 Å². The molecule has 1 unspecified atom stereocenters. The molecule has 1 N–H and O–H groups in total. The number of esters is 1.